The summed E-state index contributed by atoms with van der Waals surface area (Å²) in [6.45, 7) is 18.2. The highest BCUT2D eigenvalue weighted by molar-refractivity contribution is 5.77. The average Bonchev–Trinajstić information content (AvgIpc) is 2.68. The second-order valence-corrected chi connectivity index (χ2v) is 8.14. The maximum absolute atomic E-state index is 10.5. The highest BCUT2D eigenvalue weighted by atomic mass is 16.5. The number of aliphatic imine (C=N–C) groups is 1. The van der Waals surface area contributed by atoms with E-state index in [4.69, 9.17) is 10.5 Å². The first-order valence-electron chi connectivity index (χ1n) is 10.4. The van der Waals surface area contributed by atoms with Crippen LogP contribution in [0.15, 0.2) is 71.7 Å². The van der Waals surface area contributed by atoms with Crippen molar-refractivity contribution in [3.05, 3.63) is 72.2 Å². The summed E-state index contributed by atoms with van der Waals surface area (Å²) in [7, 11) is 1.91. The first-order valence-corrected chi connectivity index (χ1v) is 10.4. The fraction of sp³-hybridized carbons (Fsp3) is 0.400. The van der Waals surface area contributed by atoms with Gasteiger partial charge in [-0.05, 0) is 64.0 Å². The van der Waals surface area contributed by atoms with E-state index in [0.29, 0.717) is 30.3 Å². The Morgan fingerprint density at radius 3 is 2.55 bits per heavy atom. The van der Waals surface area contributed by atoms with Gasteiger partial charge in [0.2, 0.25) is 0 Å². The monoisotopic (exact) mass is 426 g/mol. The Bertz CT molecular complexity index is 848. The quantitative estimate of drug-likeness (QED) is 0.262. The average molecular weight is 427 g/mol. The maximum atomic E-state index is 10.5. The molecular formula is C25H38N4O2. The number of likely N-dealkylation sites (N-methyl/N-ethyl adjacent to an activating group) is 1. The highest BCUT2D eigenvalue weighted by Crippen LogP contribution is 2.23. The Kier molecular flexibility index (Phi) is 10.1. The Labute approximate surface area is 187 Å². The predicted octanol–water partition coefficient (Wildman–Crippen LogP) is 4.41. The molecule has 1 unspecified atom stereocenters. The number of nitrogen functional groups attached to an aromatic ring is 1. The topological polar surface area (TPSA) is 83.1 Å². The lowest BCUT2D eigenvalue weighted by atomic mass is 9.97. The molecule has 0 spiro atoms. The fourth-order valence-corrected chi connectivity index (χ4v) is 2.98. The summed E-state index contributed by atoms with van der Waals surface area (Å²) in [6, 6.07) is 5.48. The largest absolute Gasteiger partial charge is 0.487 e. The smallest absolute Gasteiger partial charge is 0.142 e. The van der Waals surface area contributed by atoms with Crippen molar-refractivity contribution in [3.8, 4) is 5.75 Å². The number of nitrogens with zero attached hydrogens (tertiary/aromatic N) is 2. The summed E-state index contributed by atoms with van der Waals surface area (Å²) in [5.41, 5.74) is 8.36. The van der Waals surface area contributed by atoms with E-state index >= 15 is 0 Å². The number of hydrogen-bond acceptors (Lipinski definition) is 6. The number of allylic oxidation sites excluding steroid dienone is 3. The van der Waals surface area contributed by atoms with Gasteiger partial charge in [-0.25, -0.2) is 4.99 Å². The van der Waals surface area contributed by atoms with Gasteiger partial charge < -0.3 is 25.8 Å². The molecule has 1 rings (SSSR count). The van der Waals surface area contributed by atoms with Crippen LogP contribution in [0.5, 0.6) is 5.75 Å². The van der Waals surface area contributed by atoms with Crippen LogP contribution in [0.4, 0.5) is 5.69 Å². The Hall–Kier alpha value is -2.99. The minimum atomic E-state index is -0.916. The van der Waals surface area contributed by atoms with E-state index in [2.05, 4.69) is 23.5 Å². The van der Waals surface area contributed by atoms with Crippen LogP contribution < -0.4 is 15.8 Å². The lowest BCUT2D eigenvalue weighted by Crippen LogP contribution is -2.45. The van der Waals surface area contributed by atoms with Crippen LogP contribution in [0.1, 0.15) is 40.2 Å². The molecule has 0 aliphatic rings. The second kappa shape index (κ2) is 12.0. The number of nitrogens with one attached hydrogen (secondary N) is 1. The molecular weight excluding hydrogens is 388 g/mol. The van der Waals surface area contributed by atoms with Crippen molar-refractivity contribution in [2.75, 3.05) is 19.4 Å². The van der Waals surface area contributed by atoms with Gasteiger partial charge in [-0.15, -0.1) is 0 Å². The number of rotatable bonds is 12. The van der Waals surface area contributed by atoms with E-state index in [1.165, 1.54) is 0 Å². The molecule has 170 valence electrons. The van der Waals surface area contributed by atoms with Crippen LogP contribution >= 0.6 is 0 Å². The molecule has 0 heterocycles. The third-order valence-electron chi connectivity index (χ3n) is 4.56. The summed E-state index contributed by atoms with van der Waals surface area (Å²) in [6.07, 6.45) is 7.46. The number of benzene rings is 1. The predicted molar refractivity (Wildman–Crippen MR) is 132 cm³/mol. The zero-order valence-corrected chi connectivity index (χ0v) is 19.8. The van der Waals surface area contributed by atoms with Crippen LogP contribution in [0, 0.1) is 0 Å². The molecule has 1 atom stereocenters. The summed E-state index contributed by atoms with van der Waals surface area (Å²) >= 11 is 0. The molecule has 0 radical (unpaired) electrons. The molecule has 0 saturated carbocycles. The van der Waals surface area contributed by atoms with Crippen molar-refractivity contribution in [2.45, 2.75) is 52.8 Å². The van der Waals surface area contributed by atoms with Gasteiger partial charge in [0.25, 0.3) is 0 Å². The van der Waals surface area contributed by atoms with Gasteiger partial charge in [0, 0.05) is 19.3 Å². The summed E-state index contributed by atoms with van der Waals surface area (Å²) in [5.74, 6) is 1.38. The van der Waals surface area contributed by atoms with Crippen LogP contribution in [0.2, 0.25) is 0 Å². The summed E-state index contributed by atoms with van der Waals surface area (Å²) < 4.78 is 5.62. The molecule has 0 saturated heterocycles. The maximum Gasteiger partial charge on any atom is 0.142 e. The molecule has 0 bridgehead atoms. The zero-order chi connectivity index (χ0) is 23.6. The minimum absolute atomic E-state index is 0.212. The van der Waals surface area contributed by atoms with E-state index in [0.717, 1.165) is 17.0 Å². The van der Waals surface area contributed by atoms with Gasteiger partial charge in [0.05, 0.1) is 23.5 Å². The van der Waals surface area contributed by atoms with E-state index in [9.17, 15) is 5.11 Å². The SMILES string of the molecule is C=C(C)COc1ccc(CNC(=C)/C=N/C(=C/C)N(C)C(C=CC)C(C)(C)O)cc1N. The molecule has 31 heavy (non-hydrogen) atoms. The number of aliphatic hydroxyl groups is 1. The first kappa shape index (κ1) is 26.0. The molecule has 1 aromatic rings. The molecule has 0 fully saturated rings. The van der Waals surface area contributed by atoms with Crippen molar-refractivity contribution in [3.63, 3.8) is 0 Å². The Balaban J connectivity index is 2.74. The van der Waals surface area contributed by atoms with Gasteiger partial charge in [-0.1, -0.05) is 31.4 Å². The molecule has 1 aromatic carbocycles. The minimum Gasteiger partial charge on any atom is -0.487 e. The zero-order valence-electron chi connectivity index (χ0n) is 19.8. The van der Waals surface area contributed by atoms with Gasteiger partial charge in [0.15, 0.2) is 0 Å². The van der Waals surface area contributed by atoms with E-state index in [1.807, 2.05) is 69.1 Å². The molecule has 0 aliphatic heterocycles. The number of anilines is 1. The summed E-state index contributed by atoms with van der Waals surface area (Å²) in [4.78, 5) is 6.48. The third kappa shape index (κ3) is 8.72. The van der Waals surface area contributed by atoms with Crippen molar-refractivity contribution >= 4 is 11.9 Å². The van der Waals surface area contributed by atoms with Gasteiger partial charge in [0.1, 0.15) is 18.2 Å². The van der Waals surface area contributed by atoms with Crippen LogP contribution in [0.3, 0.4) is 0 Å². The Morgan fingerprint density at radius 1 is 1.35 bits per heavy atom. The van der Waals surface area contributed by atoms with E-state index in [-0.39, 0.29) is 6.04 Å². The molecule has 0 aromatic heterocycles. The van der Waals surface area contributed by atoms with E-state index < -0.39 is 5.60 Å². The van der Waals surface area contributed by atoms with Gasteiger partial charge in [-0.3, -0.25) is 0 Å². The van der Waals surface area contributed by atoms with Crippen molar-refractivity contribution in [2.24, 2.45) is 4.99 Å². The summed E-state index contributed by atoms with van der Waals surface area (Å²) in [5, 5.41) is 13.7. The van der Waals surface area contributed by atoms with Crippen LogP contribution in [0.25, 0.3) is 0 Å². The van der Waals surface area contributed by atoms with Crippen molar-refractivity contribution in [1.29, 1.82) is 0 Å². The number of ether oxygens (including phenoxy) is 1. The molecule has 6 heteroatoms. The number of hydrogen-bond donors (Lipinski definition) is 3. The third-order valence-corrected chi connectivity index (χ3v) is 4.56. The highest BCUT2D eigenvalue weighted by Gasteiger charge is 2.28. The van der Waals surface area contributed by atoms with Crippen LogP contribution in [-0.2, 0) is 6.54 Å². The lowest BCUT2D eigenvalue weighted by Gasteiger charge is -2.36. The van der Waals surface area contributed by atoms with Crippen LogP contribution in [-0.4, -0.2) is 41.5 Å². The van der Waals surface area contributed by atoms with Crippen molar-refractivity contribution in [1.82, 2.24) is 10.2 Å². The fourth-order valence-electron chi connectivity index (χ4n) is 2.98. The number of nitrogens with two attached hydrogens (primary N) is 1. The molecule has 4 N–H and O–H groups in total. The van der Waals surface area contributed by atoms with Gasteiger partial charge in [-0.2, -0.15) is 0 Å². The molecule has 0 amide bonds. The molecule has 6 nitrogen and oxygen atoms in total. The van der Waals surface area contributed by atoms with Crippen molar-refractivity contribution < 1.29 is 9.84 Å². The first-order chi connectivity index (χ1) is 14.5. The van der Waals surface area contributed by atoms with Gasteiger partial charge >= 0.3 is 0 Å². The standard InChI is InChI=1S/C25H38N4O2/c1-9-11-23(25(6,7)30)29(8)24(10-2)28-15-19(5)27-16-20-12-13-22(21(26)14-20)31-17-18(3)4/h9-15,23,27,30H,3,5,16-17,26H2,1-2,4,6-8H3/b11-9?,24-10-,28-15+. The lowest BCUT2D eigenvalue weighted by molar-refractivity contribution is 0.0208. The normalized spacial score (nSPS) is 13.5. The van der Waals surface area contributed by atoms with E-state index in [1.54, 1.807) is 20.1 Å². The Morgan fingerprint density at radius 2 is 2.03 bits per heavy atom. The molecule has 0 aliphatic carbocycles. The second-order valence-electron chi connectivity index (χ2n) is 8.14.